The Morgan fingerprint density at radius 3 is 2.55 bits per heavy atom. The Hall–Kier alpha value is -2.95. The van der Waals surface area contributed by atoms with E-state index in [2.05, 4.69) is 25.3 Å². The summed E-state index contributed by atoms with van der Waals surface area (Å²) >= 11 is 6.00. The lowest BCUT2D eigenvalue weighted by Gasteiger charge is -2.32. The second-order valence-electron chi connectivity index (χ2n) is 6.85. The molecule has 0 aliphatic carbocycles. The highest BCUT2D eigenvalue weighted by Crippen LogP contribution is 2.30. The van der Waals surface area contributed by atoms with Crippen LogP contribution in [0.25, 0.3) is 22.4 Å². The minimum absolute atomic E-state index is 0.0958. The van der Waals surface area contributed by atoms with E-state index in [0.29, 0.717) is 21.6 Å². The van der Waals surface area contributed by atoms with E-state index in [0.717, 1.165) is 6.20 Å². The van der Waals surface area contributed by atoms with Crippen molar-refractivity contribution in [2.75, 3.05) is 11.9 Å². The van der Waals surface area contributed by atoms with Gasteiger partial charge in [0.25, 0.3) is 0 Å². The first kappa shape index (κ1) is 22.7. The topological polar surface area (TPSA) is 95.6 Å². The van der Waals surface area contributed by atoms with Gasteiger partial charge in [0, 0.05) is 23.3 Å². The molecule has 1 amide bonds. The van der Waals surface area contributed by atoms with Gasteiger partial charge in [0.2, 0.25) is 5.91 Å². The molecule has 7 nitrogen and oxygen atoms in total. The molecule has 3 heterocycles. The summed E-state index contributed by atoms with van der Waals surface area (Å²) < 4.78 is 52.1. The van der Waals surface area contributed by atoms with Gasteiger partial charge in [-0.05, 0) is 18.9 Å². The van der Waals surface area contributed by atoms with E-state index >= 15 is 0 Å². The van der Waals surface area contributed by atoms with E-state index in [1.807, 2.05) is 5.32 Å². The number of anilines is 1. The van der Waals surface area contributed by atoms with Crippen molar-refractivity contribution in [3.63, 3.8) is 0 Å². The van der Waals surface area contributed by atoms with Gasteiger partial charge in [-0.15, -0.1) is 0 Å². The van der Waals surface area contributed by atoms with Gasteiger partial charge in [0.05, 0.1) is 11.2 Å². The Morgan fingerprint density at radius 2 is 1.90 bits per heavy atom. The summed E-state index contributed by atoms with van der Waals surface area (Å²) in [5.41, 5.74) is -0.485. The highest BCUT2D eigenvalue weighted by molar-refractivity contribution is 6.31. The maximum absolute atomic E-state index is 14.5. The number of carbonyl (C=O) groups excluding carboxylic acids is 1. The highest BCUT2D eigenvalue weighted by Gasteiger charge is 2.38. The van der Waals surface area contributed by atoms with E-state index < -0.39 is 30.0 Å². The fraction of sp³-hybridized carbons (Fsp3) is 0.368. The quantitative estimate of drug-likeness (QED) is 0.454. The van der Waals surface area contributed by atoms with Crippen molar-refractivity contribution >= 4 is 34.4 Å². The summed E-state index contributed by atoms with van der Waals surface area (Å²) in [5, 5.41) is 5.54. The number of carbonyl (C=O) groups is 1. The van der Waals surface area contributed by atoms with E-state index in [1.165, 1.54) is 6.20 Å². The van der Waals surface area contributed by atoms with E-state index in [1.54, 1.807) is 26.1 Å². The van der Waals surface area contributed by atoms with Gasteiger partial charge in [-0.25, -0.2) is 19.3 Å². The number of H-pyrrole nitrogens is 1. The van der Waals surface area contributed by atoms with Gasteiger partial charge >= 0.3 is 6.18 Å². The van der Waals surface area contributed by atoms with Crippen molar-refractivity contribution in [1.29, 1.82) is 0 Å². The molecule has 12 heteroatoms. The van der Waals surface area contributed by atoms with E-state index in [-0.39, 0.29) is 24.5 Å². The molecule has 0 saturated heterocycles. The summed E-state index contributed by atoms with van der Waals surface area (Å²) in [6.07, 6.45) is -0.420. The summed E-state index contributed by atoms with van der Waals surface area (Å²) in [5.74, 6) is -1.94. The number of pyridine rings is 1. The largest absolute Gasteiger partial charge is 0.405 e. The Bertz CT molecular complexity index is 1100. The number of hydrogen-bond donors (Lipinski definition) is 3. The maximum Gasteiger partial charge on any atom is 0.405 e. The number of alkyl halides is 3. The van der Waals surface area contributed by atoms with Crippen LogP contribution in [0.4, 0.5) is 23.4 Å². The Morgan fingerprint density at radius 1 is 1.19 bits per heavy atom. The Kier molecular flexibility index (Phi) is 6.35. The average molecular weight is 459 g/mol. The van der Waals surface area contributed by atoms with Crippen LogP contribution in [0.3, 0.4) is 0 Å². The fourth-order valence-corrected chi connectivity index (χ4v) is 3.29. The maximum atomic E-state index is 14.5. The van der Waals surface area contributed by atoms with Gasteiger partial charge in [-0.2, -0.15) is 13.2 Å². The summed E-state index contributed by atoms with van der Waals surface area (Å²) in [6.45, 7) is 1.73. The molecule has 0 radical (unpaired) electrons. The standard InChI is InChI=1S/C19H19ClF4N6O/c1-3-18(4-2,17(31)28-9-19(22,23)24)30-16-13(21)8-27-15(29-16)12-7-26-14-11(12)5-10(20)6-25-14/h5-8H,3-4,9H2,1-2H3,(H,25,26)(H,28,31)(H,27,29,30). The molecule has 3 aromatic heterocycles. The molecule has 31 heavy (non-hydrogen) atoms. The second-order valence-corrected chi connectivity index (χ2v) is 7.29. The molecule has 3 N–H and O–H groups in total. The molecule has 0 spiro atoms. The summed E-state index contributed by atoms with van der Waals surface area (Å²) in [6, 6.07) is 1.64. The molecule has 3 rings (SSSR count). The second kappa shape index (κ2) is 8.66. The lowest BCUT2D eigenvalue weighted by molar-refractivity contribution is -0.141. The summed E-state index contributed by atoms with van der Waals surface area (Å²) in [7, 11) is 0. The van der Waals surface area contributed by atoms with Crippen LogP contribution in [0.5, 0.6) is 0 Å². The van der Waals surface area contributed by atoms with Gasteiger partial charge in [0.15, 0.2) is 17.5 Å². The van der Waals surface area contributed by atoms with Crippen molar-refractivity contribution in [1.82, 2.24) is 25.3 Å². The van der Waals surface area contributed by atoms with Gasteiger partial charge < -0.3 is 15.6 Å². The number of aromatic amines is 1. The van der Waals surface area contributed by atoms with Crippen molar-refractivity contribution in [2.24, 2.45) is 0 Å². The van der Waals surface area contributed by atoms with Gasteiger partial charge in [0.1, 0.15) is 17.7 Å². The first-order chi connectivity index (χ1) is 14.6. The van der Waals surface area contributed by atoms with Crippen LogP contribution < -0.4 is 10.6 Å². The molecule has 0 unspecified atom stereocenters. The van der Waals surface area contributed by atoms with Crippen LogP contribution >= 0.6 is 11.6 Å². The van der Waals surface area contributed by atoms with Crippen molar-refractivity contribution in [3.05, 3.63) is 35.5 Å². The SMILES string of the molecule is CCC(CC)(Nc1nc(-c2c[nH]c3ncc(Cl)cc23)ncc1F)C(=O)NCC(F)(F)F. The first-order valence-electron chi connectivity index (χ1n) is 9.37. The lowest BCUT2D eigenvalue weighted by Crippen LogP contribution is -2.53. The predicted molar refractivity (Wildman–Crippen MR) is 108 cm³/mol. The average Bonchev–Trinajstić information content (AvgIpc) is 3.14. The number of aromatic nitrogens is 4. The Labute approximate surface area is 179 Å². The lowest BCUT2D eigenvalue weighted by atomic mass is 9.91. The van der Waals surface area contributed by atoms with Crippen LogP contribution in [-0.4, -0.2) is 44.1 Å². The number of fused-ring (bicyclic) bond motifs is 1. The van der Waals surface area contributed by atoms with Crippen LogP contribution in [0.2, 0.25) is 5.02 Å². The van der Waals surface area contributed by atoms with Crippen LogP contribution in [0, 0.1) is 5.82 Å². The van der Waals surface area contributed by atoms with E-state index in [4.69, 9.17) is 11.6 Å². The number of rotatable bonds is 7. The summed E-state index contributed by atoms with van der Waals surface area (Å²) in [4.78, 5) is 27.8. The predicted octanol–water partition coefficient (Wildman–Crippen LogP) is 4.46. The molecular weight excluding hydrogens is 440 g/mol. The van der Waals surface area contributed by atoms with Crippen molar-refractivity contribution < 1.29 is 22.4 Å². The highest BCUT2D eigenvalue weighted by atomic mass is 35.5. The van der Waals surface area contributed by atoms with Crippen molar-refractivity contribution in [2.45, 2.75) is 38.4 Å². The molecule has 0 aromatic carbocycles. The number of nitrogens with one attached hydrogen (secondary N) is 3. The van der Waals surface area contributed by atoms with Gasteiger partial charge in [-0.3, -0.25) is 4.79 Å². The molecule has 0 atom stereocenters. The Balaban J connectivity index is 1.96. The van der Waals surface area contributed by atoms with E-state index in [9.17, 15) is 22.4 Å². The zero-order valence-electron chi connectivity index (χ0n) is 16.6. The molecule has 3 aromatic rings. The zero-order chi connectivity index (χ0) is 22.8. The normalized spacial score (nSPS) is 12.2. The zero-order valence-corrected chi connectivity index (χ0v) is 17.3. The molecule has 0 bridgehead atoms. The molecular formula is C19H19ClF4N6O. The molecule has 0 fully saturated rings. The smallest absolute Gasteiger partial charge is 0.353 e. The molecule has 166 valence electrons. The minimum Gasteiger partial charge on any atom is -0.353 e. The van der Waals surface area contributed by atoms with Crippen LogP contribution in [0.1, 0.15) is 26.7 Å². The minimum atomic E-state index is -4.57. The number of hydrogen-bond acceptors (Lipinski definition) is 5. The molecule has 0 saturated carbocycles. The first-order valence-corrected chi connectivity index (χ1v) is 9.75. The van der Waals surface area contributed by atoms with Crippen LogP contribution in [0.15, 0.2) is 24.7 Å². The molecule has 0 aliphatic rings. The number of halogens is 5. The fourth-order valence-electron chi connectivity index (χ4n) is 3.13. The molecule has 0 aliphatic heterocycles. The number of amides is 1. The third kappa shape index (κ3) is 4.87. The monoisotopic (exact) mass is 458 g/mol. The third-order valence-electron chi connectivity index (χ3n) is 4.93. The van der Waals surface area contributed by atoms with Gasteiger partial charge in [-0.1, -0.05) is 25.4 Å². The third-order valence-corrected chi connectivity index (χ3v) is 5.14. The number of nitrogens with zero attached hydrogens (tertiary/aromatic N) is 3. The van der Waals surface area contributed by atoms with Crippen molar-refractivity contribution in [3.8, 4) is 11.4 Å². The van der Waals surface area contributed by atoms with Crippen LogP contribution in [-0.2, 0) is 4.79 Å².